The summed E-state index contributed by atoms with van der Waals surface area (Å²) in [6.45, 7) is 0.580. The minimum absolute atomic E-state index is 0.344. The Morgan fingerprint density at radius 3 is 2.62 bits per heavy atom. The van der Waals surface area contributed by atoms with E-state index in [1.165, 1.54) is 16.2 Å². The van der Waals surface area contributed by atoms with Crippen LogP contribution < -0.4 is 0 Å². The summed E-state index contributed by atoms with van der Waals surface area (Å²) in [5, 5.41) is 11.3. The molecule has 2 aliphatic rings. The van der Waals surface area contributed by atoms with Crippen molar-refractivity contribution in [2.75, 3.05) is 20.2 Å². The van der Waals surface area contributed by atoms with Gasteiger partial charge in [-0.1, -0.05) is 19.3 Å². The van der Waals surface area contributed by atoms with Crippen molar-refractivity contribution in [3.8, 4) is 6.07 Å². The first-order valence-electron chi connectivity index (χ1n) is 9.40. The third kappa shape index (κ3) is 3.87. The van der Waals surface area contributed by atoms with Crippen molar-refractivity contribution in [1.29, 1.82) is 5.26 Å². The maximum atomic E-state index is 12.9. The van der Waals surface area contributed by atoms with E-state index in [0.29, 0.717) is 23.5 Å². The molecule has 9 nitrogen and oxygen atoms in total. The lowest BCUT2D eigenvalue weighted by molar-refractivity contribution is -0.151. The highest BCUT2D eigenvalue weighted by atomic mass is 32.1. The number of ketones is 1. The van der Waals surface area contributed by atoms with Crippen LogP contribution in [-0.2, 0) is 19.1 Å². The number of aryl methyl sites for hydroxylation is 1. The van der Waals surface area contributed by atoms with Crippen LogP contribution in [0.3, 0.4) is 0 Å². The number of thiazole rings is 1. The molecule has 3 rings (SSSR count). The number of esters is 1. The molecule has 3 amide bonds. The highest BCUT2D eigenvalue weighted by molar-refractivity contribution is 7.09. The molecule has 0 radical (unpaired) electrons. The number of carbonyl (C=O) groups excluding carboxylic acids is 4. The second-order valence-corrected chi connectivity index (χ2v) is 8.23. The number of likely N-dealkylation sites (N-methyl/N-ethyl adjacent to an activating group) is 1. The van der Waals surface area contributed by atoms with E-state index in [4.69, 9.17) is 4.74 Å². The predicted octanol–water partition coefficient (Wildman–Crippen LogP) is 1.77. The molecule has 10 heteroatoms. The van der Waals surface area contributed by atoms with Gasteiger partial charge in [-0.2, -0.15) is 5.26 Å². The van der Waals surface area contributed by atoms with E-state index in [-0.39, 0.29) is 5.91 Å². The van der Waals surface area contributed by atoms with E-state index in [0.717, 1.165) is 24.2 Å². The summed E-state index contributed by atoms with van der Waals surface area (Å²) in [6, 6.07) is 1.33. The number of hydrogen-bond donors (Lipinski definition) is 0. The zero-order chi connectivity index (χ0) is 21.2. The van der Waals surface area contributed by atoms with Gasteiger partial charge in [0, 0.05) is 18.1 Å². The summed E-state index contributed by atoms with van der Waals surface area (Å²) >= 11 is 1.19. The number of rotatable bonds is 6. The van der Waals surface area contributed by atoms with Gasteiger partial charge in [-0.05, 0) is 19.8 Å². The summed E-state index contributed by atoms with van der Waals surface area (Å²) in [6.07, 6.45) is 3.87. The summed E-state index contributed by atoms with van der Waals surface area (Å²) in [4.78, 5) is 56.3. The van der Waals surface area contributed by atoms with E-state index in [2.05, 4.69) is 4.98 Å². The first-order chi connectivity index (χ1) is 13.8. The fourth-order valence-electron chi connectivity index (χ4n) is 3.85. The molecule has 2 heterocycles. The van der Waals surface area contributed by atoms with Crippen molar-refractivity contribution in [2.45, 2.75) is 50.5 Å². The fraction of sp³-hybridized carbons (Fsp3) is 0.579. The number of nitriles is 1. The van der Waals surface area contributed by atoms with Crippen molar-refractivity contribution in [2.24, 2.45) is 0 Å². The molecule has 0 aromatic carbocycles. The van der Waals surface area contributed by atoms with Crippen molar-refractivity contribution >= 4 is 35.0 Å². The lowest BCUT2D eigenvalue weighted by Crippen LogP contribution is -2.49. The highest BCUT2D eigenvalue weighted by Gasteiger charge is 2.56. The van der Waals surface area contributed by atoms with Crippen molar-refractivity contribution < 1.29 is 23.9 Å². The normalized spacial score (nSPS) is 19.3. The van der Waals surface area contributed by atoms with Gasteiger partial charge in [-0.15, -0.1) is 11.3 Å². The molecule has 2 fully saturated rings. The summed E-state index contributed by atoms with van der Waals surface area (Å²) < 4.78 is 4.96. The van der Waals surface area contributed by atoms with Crippen LogP contribution in [0.15, 0.2) is 5.38 Å². The Hall–Kier alpha value is -2.80. The van der Waals surface area contributed by atoms with Crippen molar-refractivity contribution in [3.05, 3.63) is 16.1 Å². The van der Waals surface area contributed by atoms with E-state index < -0.39 is 42.4 Å². The number of amides is 3. The molecule has 0 N–H and O–H groups in total. The minimum atomic E-state index is -1.12. The third-order valence-electron chi connectivity index (χ3n) is 5.48. The molecule has 1 aliphatic heterocycles. The van der Waals surface area contributed by atoms with Crippen molar-refractivity contribution in [1.82, 2.24) is 14.8 Å². The van der Waals surface area contributed by atoms with Crippen LogP contribution in [0.1, 0.15) is 48.7 Å². The smallest absolute Gasteiger partial charge is 0.327 e. The van der Waals surface area contributed by atoms with Crippen LogP contribution in [0.4, 0.5) is 4.79 Å². The van der Waals surface area contributed by atoms with Crippen LogP contribution in [0.5, 0.6) is 0 Å². The number of hydrogen-bond acceptors (Lipinski definition) is 8. The van der Waals surface area contributed by atoms with Gasteiger partial charge in [0.15, 0.2) is 18.3 Å². The van der Waals surface area contributed by atoms with Gasteiger partial charge in [0.25, 0.3) is 5.91 Å². The van der Waals surface area contributed by atoms with E-state index in [1.54, 1.807) is 19.4 Å². The Labute approximate surface area is 172 Å². The largest absolute Gasteiger partial charge is 0.456 e. The second kappa shape index (κ2) is 8.29. The maximum Gasteiger partial charge on any atom is 0.327 e. The third-order valence-corrected chi connectivity index (χ3v) is 6.51. The van der Waals surface area contributed by atoms with Gasteiger partial charge in [0.2, 0.25) is 0 Å². The first kappa shape index (κ1) is 20.9. The highest BCUT2D eigenvalue weighted by Crippen LogP contribution is 2.39. The molecule has 0 unspecified atom stereocenters. The molecular formula is C19H22N4O5S. The van der Waals surface area contributed by atoms with Crippen LogP contribution in [0.25, 0.3) is 0 Å². The Balaban J connectivity index is 1.59. The number of aromatic nitrogens is 1. The average molecular weight is 418 g/mol. The standard InChI is InChI=1S/C19H22N4O5S/c1-12-11-29-16(21-12)13(8-20)14(24)10-28-15(25)9-23-17(26)19(22(2)18(23)27)6-4-3-5-7-19/h11,13H,3-7,9-10H2,1-2H3/t13-/m1/s1. The van der Waals surface area contributed by atoms with E-state index in [1.807, 2.05) is 6.07 Å². The van der Waals surface area contributed by atoms with E-state index >= 15 is 0 Å². The van der Waals surface area contributed by atoms with Gasteiger partial charge >= 0.3 is 12.0 Å². The molecule has 1 saturated heterocycles. The number of imide groups is 1. The van der Waals surface area contributed by atoms with Gasteiger partial charge < -0.3 is 9.64 Å². The van der Waals surface area contributed by atoms with Crippen LogP contribution >= 0.6 is 11.3 Å². The summed E-state index contributed by atoms with van der Waals surface area (Å²) in [7, 11) is 1.58. The van der Waals surface area contributed by atoms with Crippen molar-refractivity contribution in [3.63, 3.8) is 0 Å². The molecule has 1 saturated carbocycles. The van der Waals surface area contributed by atoms with Gasteiger partial charge in [-0.25, -0.2) is 9.78 Å². The summed E-state index contributed by atoms with van der Waals surface area (Å²) in [5.74, 6) is -2.97. The zero-order valence-electron chi connectivity index (χ0n) is 16.3. The Bertz CT molecular complexity index is 883. The average Bonchev–Trinajstić information content (AvgIpc) is 3.21. The topological polar surface area (TPSA) is 121 Å². The van der Waals surface area contributed by atoms with Gasteiger partial charge in [-0.3, -0.25) is 19.3 Å². The Kier molecular flexibility index (Phi) is 5.98. The molecular weight excluding hydrogens is 396 g/mol. The number of ether oxygens (including phenoxy) is 1. The first-order valence-corrected chi connectivity index (χ1v) is 10.3. The second-order valence-electron chi connectivity index (χ2n) is 7.34. The number of urea groups is 1. The van der Waals surface area contributed by atoms with Gasteiger partial charge in [0.05, 0.1) is 6.07 Å². The number of nitrogens with zero attached hydrogens (tertiary/aromatic N) is 4. The van der Waals surface area contributed by atoms with Gasteiger partial charge in [0.1, 0.15) is 17.1 Å². The van der Waals surface area contributed by atoms with E-state index in [9.17, 15) is 24.4 Å². The predicted molar refractivity (Wildman–Crippen MR) is 102 cm³/mol. The molecule has 0 bridgehead atoms. The van der Waals surface area contributed by atoms with Crippen LogP contribution in [-0.4, -0.2) is 64.2 Å². The maximum absolute atomic E-state index is 12.9. The SMILES string of the molecule is Cc1csc([C@H](C#N)C(=O)COC(=O)CN2C(=O)N(C)C3(CCCCC3)C2=O)n1. The molecule has 1 aromatic rings. The lowest BCUT2D eigenvalue weighted by atomic mass is 9.81. The molecule has 1 spiro atoms. The fourth-order valence-corrected chi connectivity index (χ4v) is 4.71. The molecule has 154 valence electrons. The Morgan fingerprint density at radius 2 is 2.03 bits per heavy atom. The number of carbonyl (C=O) groups is 4. The molecule has 29 heavy (non-hydrogen) atoms. The quantitative estimate of drug-likeness (QED) is 0.510. The Morgan fingerprint density at radius 1 is 1.34 bits per heavy atom. The summed E-state index contributed by atoms with van der Waals surface area (Å²) in [5.41, 5.74) is -0.179. The van der Waals surface area contributed by atoms with Crippen LogP contribution in [0.2, 0.25) is 0 Å². The zero-order valence-corrected chi connectivity index (χ0v) is 17.2. The van der Waals surface area contributed by atoms with Crippen LogP contribution in [0, 0.1) is 18.3 Å². The molecule has 1 aliphatic carbocycles. The number of Topliss-reactive ketones (excluding diaryl/α,β-unsaturated/α-hetero) is 1. The monoisotopic (exact) mass is 418 g/mol. The minimum Gasteiger partial charge on any atom is -0.456 e. The molecule has 1 aromatic heterocycles. The molecule has 1 atom stereocenters. The lowest BCUT2D eigenvalue weighted by Gasteiger charge is -2.35.